The van der Waals surface area contributed by atoms with Crippen LogP contribution >= 0.6 is 0 Å². The molecule has 1 aliphatic heterocycles. The van der Waals surface area contributed by atoms with Gasteiger partial charge in [0, 0.05) is 26.2 Å². The van der Waals surface area contributed by atoms with Gasteiger partial charge in [-0.2, -0.15) is 0 Å². The lowest BCUT2D eigenvalue weighted by molar-refractivity contribution is -0.138. The highest BCUT2D eigenvalue weighted by Crippen LogP contribution is 2.20. The fourth-order valence-corrected chi connectivity index (χ4v) is 3.07. The highest BCUT2D eigenvalue weighted by molar-refractivity contribution is 5.97. The summed E-state index contributed by atoms with van der Waals surface area (Å²) in [4.78, 5) is 28.5. The Morgan fingerprint density at radius 2 is 1.52 bits per heavy atom. The molecule has 2 aromatic carbocycles. The number of rotatable bonds is 6. The first kappa shape index (κ1) is 18.9. The van der Waals surface area contributed by atoms with Crippen LogP contribution < -0.4 is 4.74 Å². The maximum atomic E-state index is 12.7. The SMILES string of the molecule is COc1ccccc1C(=O)N1CCN(C(=O)COCc2ccccc2)CC1. The van der Waals surface area contributed by atoms with Crippen LogP contribution in [0.3, 0.4) is 0 Å². The normalized spacial score (nSPS) is 14.1. The monoisotopic (exact) mass is 368 g/mol. The van der Waals surface area contributed by atoms with E-state index >= 15 is 0 Å². The molecule has 0 bridgehead atoms. The molecule has 0 radical (unpaired) electrons. The molecule has 2 amide bonds. The molecule has 6 nitrogen and oxygen atoms in total. The Morgan fingerprint density at radius 1 is 0.889 bits per heavy atom. The minimum atomic E-state index is -0.0696. The first-order valence-electron chi connectivity index (χ1n) is 9.01. The molecule has 1 saturated heterocycles. The van der Waals surface area contributed by atoms with Crippen LogP contribution in [0.5, 0.6) is 5.75 Å². The van der Waals surface area contributed by atoms with Crippen LogP contribution in [0.4, 0.5) is 0 Å². The number of nitrogens with zero attached hydrogens (tertiary/aromatic N) is 2. The van der Waals surface area contributed by atoms with Gasteiger partial charge in [-0.15, -0.1) is 0 Å². The Bertz CT molecular complexity index is 771. The van der Waals surface area contributed by atoms with Crippen molar-refractivity contribution in [3.63, 3.8) is 0 Å². The first-order valence-corrected chi connectivity index (χ1v) is 9.01. The summed E-state index contributed by atoms with van der Waals surface area (Å²) in [7, 11) is 1.55. The van der Waals surface area contributed by atoms with Crippen LogP contribution in [0.25, 0.3) is 0 Å². The van der Waals surface area contributed by atoms with Gasteiger partial charge in [-0.3, -0.25) is 9.59 Å². The third kappa shape index (κ3) is 4.86. The molecule has 0 N–H and O–H groups in total. The van der Waals surface area contributed by atoms with E-state index in [0.29, 0.717) is 44.1 Å². The number of hydrogen-bond donors (Lipinski definition) is 0. The minimum Gasteiger partial charge on any atom is -0.496 e. The number of amides is 2. The van der Waals surface area contributed by atoms with Crippen molar-refractivity contribution in [3.8, 4) is 5.75 Å². The number of para-hydroxylation sites is 1. The zero-order valence-corrected chi connectivity index (χ0v) is 15.5. The van der Waals surface area contributed by atoms with E-state index in [1.807, 2.05) is 42.5 Å². The quantitative estimate of drug-likeness (QED) is 0.784. The van der Waals surface area contributed by atoms with Crippen molar-refractivity contribution in [3.05, 3.63) is 65.7 Å². The summed E-state index contributed by atoms with van der Waals surface area (Å²) in [5, 5.41) is 0. The maximum Gasteiger partial charge on any atom is 0.257 e. The van der Waals surface area contributed by atoms with Crippen molar-refractivity contribution in [1.82, 2.24) is 9.80 Å². The average Bonchev–Trinajstić information content (AvgIpc) is 2.74. The van der Waals surface area contributed by atoms with Gasteiger partial charge in [0.1, 0.15) is 12.4 Å². The van der Waals surface area contributed by atoms with Gasteiger partial charge < -0.3 is 19.3 Å². The maximum absolute atomic E-state index is 12.7. The molecule has 3 rings (SSSR count). The number of methoxy groups -OCH3 is 1. The van der Waals surface area contributed by atoms with Gasteiger partial charge in [-0.1, -0.05) is 42.5 Å². The van der Waals surface area contributed by atoms with E-state index in [9.17, 15) is 9.59 Å². The van der Waals surface area contributed by atoms with Crippen LogP contribution in [-0.4, -0.2) is 61.5 Å². The first-order chi connectivity index (χ1) is 13.2. The summed E-state index contributed by atoms with van der Waals surface area (Å²) in [6, 6.07) is 16.9. The van der Waals surface area contributed by atoms with E-state index in [-0.39, 0.29) is 18.4 Å². The second-order valence-corrected chi connectivity index (χ2v) is 6.35. The molecule has 0 spiro atoms. The molecule has 0 aromatic heterocycles. The Kier molecular flexibility index (Phi) is 6.44. The van der Waals surface area contributed by atoms with E-state index in [0.717, 1.165) is 5.56 Å². The Labute approximate surface area is 159 Å². The van der Waals surface area contributed by atoms with Crippen LogP contribution in [-0.2, 0) is 16.1 Å². The zero-order valence-electron chi connectivity index (χ0n) is 15.5. The predicted molar refractivity (Wildman–Crippen MR) is 102 cm³/mol. The Hall–Kier alpha value is -2.86. The predicted octanol–water partition coefficient (Wildman–Crippen LogP) is 2.20. The molecule has 27 heavy (non-hydrogen) atoms. The van der Waals surface area contributed by atoms with Gasteiger partial charge >= 0.3 is 0 Å². The highest BCUT2D eigenvalue weighted by atomic mass is 16.5. The molecule has 0 unspecified atom stereocenters. The number of carbonyl (C=O) groups excluding carboxylic acids is 2. The molecule has 142 valence electrons. The van der Waals surface area contributed by atoms with Crippen molar-refractivity contribution in [2.24, 2.45) is 0 Å². The minimum absolute atomic E-state index is 0.0460. The van der Waals surface area contributed by atoms with E-state index in [1.54, 1.807) is 29.0 Å². The van der Waals surface area contributed by atoms with Crippen molar-refractivity contribution in [2.75, 3.05) is 39.9 Å². The van der Waals surface area contributed by atoms with Gasteiger partial charge in [0.25, 0.3) is 5.91 Å². The van der Waals surface area contributed by atoms with Crippen molar-refractivity contribution in [2.45, 2.75) is 6.61 Å². The summed E-state index contributed by atoms with van der Waals surface area (Å²) < 4.78 is 10.8. The van der Waals surface area contributed by atoms with Gasteiger partial charge in [-0.25, -0.2) is 0 Å². The fraction of sp³-hybridized carbons (Fsp3) is 0.333. The second kappa shape index (κ2) is 9.19. The Balaban J connectivity index is 1.46. The number of hydrogen-bond acceptors (Lipinski definition) is 4. The summed E-state index contributed by atoms with van der Waals surface area (Å²) in [6.45, 7) is 2.49. The Morgan fingerprint density at radius 3 is 2.22 bits per heavy atom. The highest BCUT2D eigenvalue weighted by Gasteiger charge is 2.26. The molecule has 6 heteroatoms. The van der Waals surface area contributed by atoms with Gasteiger partial charge in [0.15, 0.2) is 0 Å². The summed E-state index contributed by atoms with van der Waals surface area (Å²) >= 11 is 0. The third-order valence-electron chi connectivity index (χ3n) is 4.59. The summed E-state index contributed by atoms with van der Waals surface area (Å²) in [5.41, 5.74) is 1.59. The van der Waals surface area contributed by atoms with Gasteiger partial charge in [-0.05, 0) is 17.7 Å². The van der Waals surface area contributed by atoms with Gasteiger partial charge in [0.05, 0.1) is 19.3 Å². The lowest BCUT2D eigenvalue weighted by Crippen LogP contribution is -2.51. The lowest BCUT2D eigenvalue weighted by Gasteiger charge is -2.35. The fourth-order valence-electron chi connectivity index (χ4n) is 3.07. The number of ether oxygens (including phenoxy) is 2. The lowest BCUT2D eigenvalue weighted by atomic mass is 10.1. The molecule has 0 atom stereocenters. The van der Waals surface area contributed by atoms with Crippen LogP contribution in [0.15, 0.2) is 54.6 Å². The number of piperazine rings is 1. The van der Waals surface area contributed by atoms with Crippen molar-refractivity contribution < 1.29 is 19.1 Å². The molecule has 2 aromatic rings. The summed E-state index contributed by atoms with van der Waals surface area (Å²) in [5.74, 6) is 0.450. The van der Waals surface area contributed by atoms with Crippen molar-refractivity contribution >= 4 is 11.8 Å². The standard InChI is InChI=1S/C21H24N2O4/c1-26-19-10-6-5-9-18(19)21(25)23-13-11-22(12-14-23)20(24)16-27-15-17-7-3-2-4-8-17/h2-10H,11-16H2,1H3. The van der Waals surface area contributed by atoms with Gasteiger partial charge in [0.2, 0.25) is 5.91 Å². The molecule has 0 aliphatic carbocycles. The summed E-state index contributed by atoms with van der Waals surface area (Å²) in [6.07, 6.45) is 0. The molecular formula is C21H24N2O4. The van der Waals surface area contributed by atoms with Crippen molar-refractivity contribution in [1.29, 1.82) is 0 Å². The zero-order chi connectivity index (χ0) is 19.1. The average molecular weight is 368 g/mol. The molecule has 1 aliphatic rings. The van der Waals surface area contributed by atoms with Crippen LogP contribution in [0.2, 0.25) is 0 Å². The molecule has 1 heterocycles. The second-order valence-electron chi connectivity index (χ2n) is 6.35. The topological polar surface area (TPSA) is 59.1 Å². The van der Waals surface area contributed by atoms with E-state index in [4.69, 9.17) is 9.47 Å². The van der Waals surface area contributed by atoms with E-state index < -0.39 is 0 Å². The molecular weight excluding hydrogens is 344 g/mol. The van der Waals surface area contributed by atoms with E-state index in [1.165, 1.54) is 0 Å². The molecule has 1 fully saturated rings. The smallest absolute Gasteiger partial charge is 0.257 e. The largest absolute Gasteiger partial charge is 0.496 e. The van der Waals surface area contributed by atoms with Crippen LogP contribution in [0.1, 0.15) is 15.9 Å². The number of carbonyl (C=O) groups is 2. The van der Waals surface area contributed by atoms with Crippen LogP contribution in [0, 0.1) is 0 Å². The van der Waals surface area contributed by atoms with E-state index in [2.05, 4.69) is 0 Å². The number of benzene rings is 2. The molecule has 0 saturated carbocycles. The third-order valence-corrected chi connectivity index (χ3v) is 4.59.